The van der Waals surface area contributed by atoms with Crippen LogP contribution in [0.25, 0.3) is 5.65 Å². The highest BCUT2D eigenvalue weighted by atomic mass is 32.1. The van der Waals surface area contributed by atoms with Crippen molar-refractivity contribution in [1.29, 1.82) is 0 Å². The highest BCUT2D eigenvalue weighted by Gasteiger charge is 2.21. The van der Waals surface area contributed by atoms with Crippen molar-refractivity contribution < 1.29 is 4.57 Å². The normalized spacial score (nSPS) is 16.0. The number of aromatic nitrogens is 3. The van der Waals surface area contributed by atoms with Gasteiger partial charge in [0, 0.05) is 35.1 Å². The van der Waals surface area contributed by atoms with Crippen LogP contribution in [0.1, 0.15) is 23.3 Å². The second-order valence-corrected chi connectivity index (χ2v) is 6.56. The molecule has 0 amide bonds. The smallest absolute Gasteiger partial charge is 0.307 e. The lowest BCUT2D eigenvalue weighted by molar-refractivity contribution is -0.661. The number of rotatable bonds is 4. The molecule has 0 unspecified atom stereocenters. The van der Waals surface area contributed by atoms with Gasteiger partial charge < -0.3 is 5.73 Å². The molecule has 1 saturated carbocycles. The first kappa shape index (κ1) is 12.6. The van der Waals surface area contributed by atoms with Gasteiger partial charge in [-0.1, -0.05) is 0 Å². The Morgan fingerprint density at radius 2 is 2.33 bits per heavy atom. The standard InChI is InChI=1S/C15H18N5S/c1-18-5-4-14-19(6-7-20(14)18)9-13-8-11(10-21-13)15(16)17-12-2-3-12/h4-8,10,12H,2-3,9H2,1H3,(H2,16,17)/q+1. The number of aliphatic imine (C=N–C) groups is 1. The van der Waals surface area contributed by atoms with Crippen molar-refractivity contribution in [3.8, 4) is 0 Å². The van der Waals surface area contributed by atoms with Crippen LogP contribution < -0.4 is 10.3 Å². The average molecular weight is 300 g/mol. The Kier molecular flexibility index (Phi) is 2.85. The maximum Gasteiger partial charge on any atom is 0.307 e. The third-order valence-electron chi connectivity index (χ3n) is 3.84. The van der Waals surface area contributed by atoms with Crippen LogP contribution in [-0.4, -0.2) is 21.1 Å². The molecule has 0 aromatic carbocycles. The van der Waals surface area contributed by atoms with Gasteiger partial charge in [0.25, 0.3) is 0 Å². The summed E-state index contributed by atoms with van der Waals surface area (Å²) in [7, 11) is 2.04. The molecule has 21 heavy (non-hydrogen) atoms. The van der Waals surface area contributed by atoms with Crippen LogP contribution in [0.5, 0.6) is 0 Å². The molecule has 3 aromatic heterocycles. The molecule has 5 nitrogen and oxygen atoms in total. The fraction of sp³-hybridized carbons (Fsp3) is 0.333. The summed E-state index contributed by atoms with van der Waals surface area (Å²) < 4.78 is 6.42. The summed E-state index contributed by atoms with van der Waals surface area (Å²) >= 11 is 1.74. The minimum Gasteiger partial charge on any atom is -0.383 e. The zero-order valence-electron chi connectivity index (χ0n) is 11.9. The van der Waals surface area contributed by atoms with Gasteiger partial charge in [0.05, 0.1) is 6.04 Å². The predicted octanol–water partition coefficient (Wildman–Crippen LogP) is 1.54. The van der Waals surface area contributed by atoms with E-state index in [1.54, 1.807) is 11.3 Å². The molecule has 0 saturated heterocycles. The number of thiophene rings is 1. The lowest BCUT2D eigenvalue weighted by Gasteiger charge is -1.95. The minimum absolute atomic E-state index is 0.471. The highest BCUT2D eigenvalue weighted by Crippen LogP contribution is 2.24. The number of hydrogen-bond donors (Lipinski definition) is 1. The lowest BCUT2D eigenvalue weighted by Crippen LogP contribution is -2.32. The second kappa shape index (κ2) is 4.73. The summed E-state index contributed by atoms with van der Waals surface area (Å²) in [4.78, 5) is 5.80. The van der Waals surface area contributed by atoms with Gasteiger partial charge in [0.2, 0.25) is 0 Å². The second-order valence-electron chi connectivity index (χ2n) is 5.57. The molecule has 0 radical (unpaired) electrons. The zero-order valence-corrected chi connectivity index (χ0v) is 12.8. The molecular weight excluding hydrogens is 282 g/mol. The molecule has 1 aliphatic carbocycles. The number of nitrogens with two attached hydrogens (primary N) is 1. The summed E-state index contributed by atoms with van der Waals surface area (Å²) in [5, 5.41) is 2.11. The van der Waals surface area contributed by atoms with Crippen molar-refractivity contribution in [2.24, 2.45) is 17.8 Å². The average Bonchev–Trinajstić information content (AvgIpc) is 2.90. The molecule has 3 aromatic rings. The fourth-order valence-electron chi connectivity index (χ4n) is 2.49. The van der Waals surface area contributed by atoms with Gasteiger partial charge in [0.1, 0.15) is 18.6 Å². The molecule has 2 N–H and O–H groups in total. The van der Waals surface area contributed by atoms with Crippen LogP contribution in [0.3, 0.4) is 0 Å². The molecule has 108 valence electrons. The Morgan fingerprint density at radius 1 is 1.48 bits per heavy atom. The van der Waals surface area contributed by atoms with Gasteiger partial charge in [-0.3, -0.25) is 4.99 Å². The van der Waals surface area contributed by atoms with Crippen molar-refractivity contribution >= 4 is 22.8 Å². The maximum atomic E-state index is 6.06. The van der Waals surface area contributed by atoms with E-state index in [4.69, 9.17) is 5.73 Å². The minimum atomic E-state index is 0.471. The molecule has 0 atom stereocenters. The van der Waals surface area contributed by atoms with E-state index in [2.05, 4.69) is 54.9 Å². The first-order chi connectivity index (χ1) is 10.2. The molecule has 1 aliphatic rings. The van der Waals surface area contributed by atoms with Crippen LogP contribution in [-0.2, 0) is 13.6 Å². The van der Waals surface area contributed by atoms with E-state index in [1.165, 1.54) is 23.4 Å². The summed E-state index contributed by atoms with van der Waals surface area (Å²) in [6.45, 7) is 0.863. The predicted molar refractivity (Wildman–Crippen MR) is 83.7 cm³/mol. The fourth-order valence-corrected chi connectivity index (χ4v) is 3.36. The van der Waals surface area contributed by atoms with Gasteiger partial charge in [-0.05, 0) is 18.9 Å². The maximum absolute atomic E-state index is 6.06. The van der Waals surface area contributed by atoms with Crippen molar-refractivity contribution in [2.75, 3.05) is 0 Å². The number of nitrogens with zero attached hydrogens (tertiary/aromatic N) is 4. The van der Waals surface area contributed by atoms with E-state index in [0.717, 1.165) is 12.1 Å². The van der Waals surface area contributed by atoms with Gasteiger partial charge in [-0.15, -0.1) is 15.9 Å². The number of hydrogen-bond acceptors (Lipinski definition) is 2. The number of fused-ring (bicyclic) bond motifs is 1. The van der Waals surface area contributed by atoms with Crippen molar-refractivity contribution in [2.45, 2.75) is 25.4 Å². The number of aryl methyl sites for hydroxylation is 1. The van der Waals surface area contributed by atoms with Crippen LogP contribution in [0.15, 0.2) is 41.1 Å². The zero-order chi connectivity index (χ0) is 14.4. The van der Waals surface area contributed by atoms with E-state index < -0.39 is 0 Å². The topological polar surface area (TPSA) is 51.6 Å². The summed E-state index contributed by atoms with van der Waals surface area (Å²) in [5.74, 6) is 0.687. The van der Waals surface area contributed by atoms with E-state index in [0.29, 0.717) is 11.9 Å². The molecular formula is C15H18N5S+. The third kappa shape index (κ3) is 2.35. The molecule has 4 rings (SSSR count). The SMILES string of the molecule is Cn1ccc2n1cc[n+]2Cc1cc(C(N)=NC2CC2)cs1. The Bertz CT molecular complexity index is 818. The molecule has 3 heterocycles. The van der Waals surface area contributed by atoms with Gasteiger partial charge in [-0.25, -0.2) is 9.25 Å². The third-order valence-corrected chi connectivity index (χ3v) is 4.76. The molecule has 6 heteroatoms. The Morgan fingerprint density at radius 3 is 3.14 bits per heavy atom. The van der Waals surface area contributed by atoms with Gasteiger partial charge >= 0.3 is 5.65 Å². The van der Waals surface area contributed by atoms with Crippen molar-refractivity contribution in [1.82, 2.24) is 9.20 Å². The molecule has 1 fully saturated rings. The largest absolute Gasteiger partial charge is 0.383 e. The van der Waals surface area contributed by atoms with Crippen LogP contribution >= 0.6 is 11.3 Å². The van der Waals surface area contributed by atoms with E-state index in [9.17, 15) is 0 Å². The number of amidine groups is 1. The van der Waals surface area contributed by atoms with E-state index >= 15 is 0 Å². The van der Waals surface area contributed by atoms with Crippen LogP contribution in [0, 0.1) is 0 Å². The molecule has 0 aliphatic heterocycles. The molecule has 0 bridgehead atoms. The van der Waals surface area contributed by atoms with Gasteiger partial charge in [0.15, 0.2) is 6.20 Å². The van der Waals surface area contributed by atoms with Crippen molar-refractivity contribution in [3.63, 3.8) is 0 Å². The first-order valence-corrected chi connectivity index (χ1v) is 8.02. The Labute approximate surface area is 126 Å². The van der Waals surface area contributed by atoms with Crippen molar-refractivity contribution in [3.05, 3.63) is 46.5 Å². The summed E-state index contributed by atoms with van der Waals surface area (Å²) in [6, 6.07) is 4.75. The van der Waals surface area contributed by atoms with Gasteiger partial charge in [-0.2, -0.15) is 0 Å². The number of imidazole rings is 1. The Balaban J connectivity index is 1.58. The molecule has 0 spiro atoms. The van der Waals surface area contributed by atoms with Crippen LogP contribution in [0.2, 0.25) is 0 Å². The first-order valence-electron chi connectivity index (χ1n) is 7.14. The van der Waals surface area contributed by atoms with E-state index in [-0.39, 0.29) is 0 Å². The summed E-state index contributed by atoms with van der Waals surface area (Å²) in [6.07, 6.45) is 8.61. The van der Waals surface area contributed by atoms with E-state index in [1.807, 2.05) is 7.05 Å². The highest BCUT2D eigenvalue weighted by molar-refractivity contribution is 7.10. The van der Waals surface area contributed by atoms with Crippen LogP contribution in [0.4, 0.5) is 0 Å². The lowest BCUT2D eigenvalue weighted by atomic mass is 10.3. The Hall–Kier alpha value is -2.08. The monoisotopic (exact) mass is 300 g/mol. The quantitative estimate of drug-likeness (QED) is 0.443. The summed E-state index contributed by atoms with van der Waals surface area (Å²) in [5.41, 5.74) is 8.31.